The smallest absolute Gasteiger partial charge is 0.245 e. The van der Waals surface area contributed by atoms with Gasteiger partial charge in [0.1, 0.15) is 0 Å². The maximum Gasteiger partial charge on any atom is 0.403 e. The highest BCUT2D eigenvalue weighted by molar-refractivity contribution is 7.84. The Morgan fingerprint density at radius 2 is 1.91 bits per heavy atom. The number of halogens is 2. The van der Waals surface area contributed by atoms with E-state index in [1.165, 1.54) is 0 Å². The third-order valence-corrected chi connectivity index (χ3v) is 2.05. The zero-order valence-electron chi connectivity index (χ0n) is 5.20. The fourth-order valence-corrected chi connectivity index (χ4v) is 1.27. The molecule has 0 saturated carbocycles. The standard InChI is InChI=1S/C3H4F2N2O3S/c4-6-1-2-7(3(6)8)11(5,9)10/h1-2H2. The number of urea groups is 1. The monoisotopic (exact) mass is 186 g/mol. The molecule has 0 N–H and O–H groups in total. The summed E-state index contributed by atoms with van der Waals surface area (Å²) >= 11 is 0. The number of amides is 2. The molecule has 1 heterocycles. The lowest BCUT2D eigenvalue weighted by atomic mass is 10.7. The highest BCUT2D eigenvalue weighted by Crippen LogP contribution is 2.14. The number of nitrogens with zero attached hydrogens (tertiary/aromatic N) is 2. The molecule has 0 atom stereocenters. The number of carbonyl (C=O) groups excluding carboxylic acids is 1. The van der Waals surface area contributed by atoms with Gasteiger partial charge in [-0.05, 0) is 0 Å². The molecule has 5 nitrogen and oxygen atoms in total. The van der Waals surface area contributed by atoms with Crippen molar-refractivity contribution in [1.82, 2.24) is 9.43 Å². The van der Waals surface area contributed by atoms with E-state index in [2.05, 4.69) is 0 Å². The van der Waals surface area contributed by atoms with Gasteiger partial charge in [-0.2, -0.15) is 17.8 Å². The molecular formula is C3H4F2N2O3S. The molecule has 0 aliphatic carbocycles. The van der Waals surface area contributed by atoms with E-state index in [1.807, 2.05) is 0 Å². The van der Waals surface area contributed by atoms with Crippen LogP contribution in [0.25, 0.3) is 0 Å². The quantitative estimate of drug-likeness (QED) is 0.421. The van der Waals surface area contributed by atoms with Crippen molar-refractivity contribution in [2.24, 2.45) is 0 Å². The van der Waals surface area contributed by atoms with E-state index >= 15 is 0 Å². The minimum atomic E-state index is -5.08. The Morgan fingerprint density at radius 1 is 1.36 bits per heavy atom. The second-order valence-electron chi connectivity index (χ2n) is 1.88. The molecule has 0 spiro atoms. The summed E-state index contributed by atoms with van der Waals surface area (Å²) in [4.78, 5) is 10.4. The third kappa shape index (κ3) is 1.39. The van der Waals surface area contributed by atoms with Gasteiger partial charge in [-0.3, -0.25) is 0 Å². The molecule has 64 valence electrons. The van der Waals surface area contributed by atoms with Crippen LogP contribution in [0.3, 0.4) is 0 Å². The Morgan fingerprint density at radius 3 is 2.09 bits per heavy atom. The Labute approximate surface area is 61.5 Å². The minimum absolute atomic E-state index is 0.174. The van der Waals surface area contributed by atoms with E-state index in [1.54, 1.807) is 0 Å². The second-order valence-corrected chi connectivity index (χ2v) is 3.15. The predicted molar refractivity (Wildman–Crippen MR) is 29.9 cm³/mol. The molecule has 1 fully saturated rings. The van der Waals surface area contributed by atoms with Crippen LogP contribution in [0, 0.1) is 0 Å². The van der Waals surface area contributed by atoms with Gasteiger partial charge in [0.25, 0.3) is 0 Å². The molecule has 1 aliphatic heterocycles. The van der Waals surface area contributed by atoms with Crippen LogP contribution in [0.2, 0.25) is 0 Å². The van der Waals surface area contributed by atoms with Gasteiger partial charge >= 0.3 is 16.4 Å². The van der Waals surface area contributed by atoms with Crippen LogP contribution in [-0.4, -0.2) is 37.0 Å². The van der Waals surface area contributed by atoms with Gasteiger partial charge in [-0.25, -0.2) is 4.79 Å². The maximum absolute atomic E-state index is 12.1. The second kappa shape index (κ2) is 2.29. The van der Waals surface area contributed by atoms with Crippen LogP contribution in [0.15, 0.2) is 0 Å². The fraction of sp³-hybridized carbons (Fsp3) is 0.667. The SMILES string of the molecule is O=C1N(F)CCN1S(=O)(=O)F. The Hall–Kier alpha value is -0.920. The topological polar surface area (TPSA) is 57.7 Å². The summed E-state index contributed by atoms with van der Waals surface area (Å²) in [7, 11) is -5.08. The van der Waals surface area contributed by atoms with Crippen LogP contribution in [0.4, 0.5) is 13.2 Å². The molecule has 0 bridgehead atoms. The van der Waals surface area contributed by atoms with Crippen LogP contribution in [0.5, 0.6) is 0 Å². The molecule has 0 unspecified atom stereocenters. The normalized spacial score (nSPS) is 19.6. The molecule has 0 radical (unpaired) electrons. The summed E-state index contributed by atoms with van der Waals surface area (Å²) < 4.78 is 44.0. The van der Waals surface area contributed by atoms with Crippen LogP contribution < -0.4 is 0 Å². The summed E-state index contributed by atoms with van der Waals surface area (Å²) in [6.45, 7) is -0.907. The van der Waals surface area contributed by atoms with E-state index in [0.29, 0.717) is 0 Å². The molecule has 1 rings (SSSR count). The van der Waals surface area contributed by atoms with Crippen molar-refractivity contribution in [2.45, 2.75) is 0 Å². The van der Waals surface area contributed by atoms with Gasteiger partial charge in [0.15, 0.2) is 0 Å². The first-order chi connectivity index (χ1) is 4.93. The largest absolute Gasteiger partial charge is 0.403 e. The number of carbonyl (C=O) groups is 1. The molecular weight excluding hydrogens is 182 g/mol. The van der Waals surface area contributed by atoms with Gasteiger partial charge in [0, 0.05) is 0 Å². The van der Waals surface area contributed by atoms with Gasteiger partial charge < -0.3 is 0 Å². The summed E-state index contributed by atoms with van der Waals surface area (Å²) in [6, 6.07) is -1.48. The lowest BCUT2D eigenvalue weighted by Crippen LogP contribution is -2.31. The summed E-state index contributed by atoms with van der Waals surface area (Å²) in [5.41, 5.74) is 0. The lowest BCUT2D eigenvalue weighted by Gasteiger charge is -2.06. The van der Waals surface area contributed by atoms with Crippen molar-refractivity contribution in [1.29, 1.82) is 0 Å². The first kappa shape index (κ1) is 8.18. The van der Waals surface area contributed by atoms with Gasteiger partial charge in [-0.15, -0.1) is 0 Å². The van der Waals surface area contributed by atoms with Crippen molar-refractivity contribution < 1.29 is 21.6 Å². The van der Waals surface area contributed by atoms with E-state index in [0.717, 1.165) is 0 Å². The van der Waals surface area contributed by atoms with Crippen LogP contribution in [0.1, 0.15) is 0 Å². The van der Waals surface area contributed by atoms with Crippen molar-refractivity contribution in [3.8, 4) is 0 Å². The summed E-state index contributed by atoms with van der Waals surface area (Å²) in [5.74, 6) is 0. The predicted octanol–water partition coefficient (Wildman–Crippen LogP) is -0.177. The molecule has 0 aromatic heterocycles. The molecule has 1 aliphatic rings. The van der Waals surface area contributed by atoms with E-state index in [9.17, 15) is 21.6 Å². The van der Waals surface area contributed by atoms with Crippen LogP contribution >= 0.6 is 0 Å². The van der Waals surface area contributed by atoms with Gasteiger partial charge in [-0.1, -0.05) is 8.37 Å². The third-order valence-electron chi connectivity index (χ3n) is 1.18. The molecule has 8 heteroatoms. The fourth-order valence-electron chi connectivity index (χ4n) is 0.693. The first-order valence-electron chi connectivity index (χ1n) is 2.62. The van der Waals surface area contributed by atoms with Crippen LogP contribution in [-0.2, 0) is 10.4 Å². The lowest BCUT2D eigenvalue weighted by molar-refractivity contribution is 0.0889. The Bertz CT molecular complexity index is 276. The Kier molecular flexibility index (Phi) is 1.70. The number of hydrogen-bond donors (Lipinski definition) is 0. The van der Waals surface area contributed by atoms with Crippen molar-refractivity contribution in [3.05, 3.63) is 0 Å². The van der Waals surface area contributed by atoms with Crippen molar-refractivity contribution in [2.75, 3.05) is 13.1 Å². The van der Waals surface area contributed by atoms with Crippen molar-refractivity contribution in [3.63, 3.8) is 0 Å². The highest BCUT2D eigenvalue weighted by Gasteiger charge is 2.37. The van der Waals surface area contributed by atoms with Gasteiger partial charge in [0.05, 0.1) is 13.1 Å². The van der Waals surface area contributed by atoms with E-state index in [-0.39, 0.29) is 9.43 Å². The van der Waals surface area contributed by atoms with Crippen molar-refractivity contribution >= 4 is 16.4 Å². The summed E-state index contributed by atoms with van der Waals surface area (Å²) in [5, 5.41) is -0.364. The Balaban J connectivity index is 2.87. The molecule has 0 aromatic rings. The average Bonchev–Trinajstić information content (AvgIpc) is 2.11. The molecule has 0 aromatic carbocycles. The molecule has 1 saturated heterocycles. The number of rotatable bonds is 1. The zero-order valence-corrected chi connectivity index (χ0v) is 6.01. The minimum Gasteiger partial charge on any atom is -0.245 e. The molecule has 2 amide bonds. The van der Waals surface area contributed by atoms with Gasteiger partial charge in [0.2, 0.25) is 0 Å². The van der Waals surface area contributed by atoms with E-state index in [4.69, 9.17) is 0 Å². The first-order valence-corrected chi connectivity index (χ1v) is 3.96. The summed E-state index contributed by atoms with van der Waals surface area (Å²) in [6.07, 6.45) is 0. The number of hydrogen-bond acceptors (Lipinski definition) is 3. The maximum atomic E-state index is 12.1. The highest BCUT2D eigenvalue weighted by atomic mass is 32.3. The molecule has 11 heavy (non-hydrogen) atoms. The average molecular weight is 186 g/mol. The van der Waals surface area contributed by atoms with E-state index < -0.39 is 29.5 Å². The zero-order chi connectivity index (χ0) is 8.65.